The molecular formula is C15H18FNO2. The molecule has 1 aliphatic heterocycles. The van der Waals surface area contributed by atoms with Gasteiger partial charge in [-0.1, -0.05) is 18.6 Å². The molecule has 3 rings (SSSR count). The Hall–Kier alpha value is -1.42. The molecule has 0 atom stereocenters. The van der Waals surface area contributed by atoms with Crippen LogP contribution < -0.4 is 0 Å². The molecule has 2 aliphatic rings. The van der Waals surface area contributed by atoms with E-state index in [4.69, 9.17) is 4.74 Å². The first-order valence-corrected chi connectivity index (χ1v) is 6.85. The van der Waals surface area contributed by atoms with Crippen molar-refractivity contribution >= 4 is 5.91 Å². The number of hydrogen-bond donors (Lipinski definition) is 0. The van der Waals surface area contributed by atoms with Crippen LogP contribution >= 0.6 is 0 Å². The number of halogens is 1. The van der Waals surface area contributed by atoms with Crippen molar-refractivity contribution in [3.63, 3.8) is 0 Å². The molecule has 4 heteroatoms. The van der Waals surface area contributed by atoms with E-state index in [9.17, 15) is 9.18 Å². The third-order valence-electron chi connectivity index (χ3n) is 4.29. The van der Waals surface area contributed by atoms with E-state index in [1.807, 2.05) is 11.0 Å². The smallest absolute Gasteiger partial charge is 0.233 e. The molecule has 1 aliphatic carbocycles. The fourth-order valence-corrected chi connectivity index (χ4v) is 3.01. The Kier molecular flexibility index (Phi) is 3.27. The van der Waals surface area contributed by atoms with E-state index in [0.717, 1.165) is 24.8 Å². The Morgan fingerprint density at radius 1 is 1.26 bits per heavy atom. The van der Waals surface area contributed by atoms with Crippen LogP contribution in [0.15, 0.2) is 24.3 Å². The topological polar surface area (TPSA) is 29.5 Å². The van der Waals surface area contributed by atoms with E-state index >= 15 is 0 Å². The Morgan fingerprint density at radius 2 is 2.00 bits per heavy atom. The number of nitrogens with zero attached hydrogens (tertiary/aromatic N) is 1. The Labute approximate surface area is 112 Å². The van der Waals surface area contributed by atoms with Gasteiger partial charge in [-0.2, -0.15) is 0 Å². The number of carbonyl (C=O) groups excluding carboxylic acids is 1. The van der Waals surface area contributed by atoms with Gasteiger partial charge in [0.15, 0.2) is 0 Å². The van der Waals surface area contributed by atoms with Crippen LogP contribution in [0.4, 0.5) is 4.39 Å². The zero-order chi connectivity index (χ0) is 13.3. The molecule has 0 spiro atoms. The Morgan fingerprint density at radius 3 is 2.58 bits per heavy atom. The predicted octanol–water partition coefficient (Wildman–Crippen LogP) is 2.11. The minimum atomic E-state index is -0.487. The molecule has 1 saturated carbocycles. The standard InChI is InChI=1S/C15H18FNO2/c16-13-4-1-3-12(11-13)15(5-2-6-15)14(18)17-7-9-19-10-8-17/h1,3-4,11H,2,5-10H2. The highest BCUT2D eigenvalue weighted by molar-refractivity contribution is 5.89. The maximum absolute atomic E-state index is 13.4. The van der Waals surface area contributed by atoms with Gasteiger partial charge in [0.05, 0.1) is 18.6 Å². The number of ether oxygens (including phenoxy) is 1. The van der Waals surface area contributed by atoms with Crippen molar-refractivity contribution in [2.75, 3.05) is 26.3 Å². The molecule has 1 aromatic carbocycles. The second kappa shape index (κ2) is 4.93. The molecule has 102 valence electrons. The second-order valence-electron chi connectivity index (χ2n) is 5.35. The predicted molar refractivity (Wildman–Crippen MR) is 69.3 cm³/mol. The van der Waals surface area contributed by atoms with Gasteiger partial charge >= 0.3 is 0 Å². The highest BCUT2D eigenvalue weighted by atomic mass is 19.1. The maximum atomic E-state index is 13.4. The molecule has 0 aromatic heterocycles. The third kappa shape index (κ3) is 2.14. The number of rotatable bonds is 2. The van der Waals surface area contributed by atoms with Crippen molar-refractivity contribution in [2.45, 2.75) is 24.7 Å². The number of amides is 1. The third-order valence-corrected chi connectivity index (χ3v) is 4.29. The van der Waals surface area contributed by atoms with Crippen LogP contribution in [0.5, 0.6) is 0 Å². The van der Waals surface area contributed by atoms with E-state index < -0.39 is 5.41 Å². The number of benzene rings is 1. The Balaban J connectivity index is 1.88. The lowest BCUT2D eigenvalue weighted by Crippen LogP contribution is -2.54. The van der Waals surface area contributed by atoms with Gasteiger partial charge in [-0.25, -0.2) is 4.39 Å². The molecule has 2 fully saturated rings. The Bertz CT molecular complexity index is 479. The zero-order valence-electron chi connectivity index (χ0n) is 10.9. The molecule has 1 saturated heterocycles. The molecule has 0 unspecified atom stereocenters. The average Bonchev–Trinajstić information content (AvgIpc) is 2.38. The van der Waals surface area contributed by atoms with Crippen molar-refractivity contribution in [2.24, 2.45) is 0 Å². The number of morpholine rings is 1. The molecule has 0 bridgehead atoms. The van der Waals surface area contributed by atoms with E-state index in [2.05, 4.69) is 0 Å². The lowest BCUT2D eigenvalue weighted by Gasteiger charge is -2.44. The number of carbonyl (C=O) groups is 1. The first-order chi connectivity index (χ1) is 9.22. The zero-order valence-corrected chi connectivity index (χ0v) is 10.9. The summed E-state index contributed by atoms with van der Waals surface area (Å²) in [6.45, 7) is 2.50. The average molecular weight is 263 g/mol. The normalized spacial score (nSPS) is 21.8. The fraction of sp³-hybridized carbons (Fsp3) is 0.533. The minimum Gasteiger partial charge on any atom is -0.378 e. The van der Waals surface area contributed by atoms with E-state index in [1.54, 1.807) is 6.07 Å². The summed E-state index contributed by atoms with van der Waals surface area (Å²) in [5, 5.41) is 0. The van der Waals surface area contributed by atoms with Crippen LogP contribution in [0, 0.1) is 5.82 Å². The van der Waals surface area contributed by atoms with Crippen molar-refractivity contribution < 1.29 is 13.9 Å². The summed E-state index contributed by atoms with van der Waals surface area (Å²) in [7, 11) is 0. The van der Waals surface area contributed by atoms with Crippen LogP contribution in [0.3, 0.4) is 0 Å². The summed E-state index contributed by atoms with van der Waals surface area (Å²) < 4.78 is 18.7. The monoisotopic (exact) mass is 263 g/mol. The van der Waals surface area contributed by atoms with Gasteiger partial charge in [-0.05, 0) is 30.5 Å². The largest absolute Gasteiger partial charge is 0.378 e. The van der Waals surface area contributed by atoms with Crippen LogP contribution in [0.25, 0.3) is 0 Å². The molecule has 1 heterocycles. The summed E-state index contributed by atoms with van der Waals surface area (Å²) in [6, 6.07) is 6.50. The molecular weight excluding hydrogens is 245 g/mol. The number of hydrogen-bond acceptors (Lipinski definition) is 2. The van der Waals surface area contributed by atoms with Crippen LogP contribution in [0.1, 0.15) is 24.8 Å². The van der Waals surface area contributed by atoms with Crippen LogP contribution in [-0.4, -0.2) is 37.1 Å². The van der Waals surface area contributed by atoms with Gasteiger partial charge in [0.25, 0.3) is 0 Å². The van der Waals surface area contributed by atoms with Crippen LogP contribution in [0.2, 0.25) is 0 Å². The van der Waals surface area contributed by atoms with Gasteiger partial charge in [0, 0.05) is 13.1 Å². The van der Waals surface area contributed by atoms with Gasteiger partial charge < -0.3 is 9.64 Å². The summed E-state index contributed by atoms with van der Waals surface area (Å²) in [5.74, 6) is -0.119. The summed E-state index contributed by atoms with van der Waals surface area (Å²) in [5.41, 5.74) is 0.342. The van der Waals surface area contributed by atoms with Crippen molar-refractivity contribution in [3.8, 4) is 0 Å². The van der Waals surface area contributed by atoms with Crippen molar-refractivity contribution in [1.29, 1.82) is 0 Å². The second-order valence-corrected chi connectivity index (χ2v) is 5.35. The lowest BCUT2D eigenvalue weighted by molar-refractivity contribution is -0.145. The molecule has 1 aromatic rings. The molecule has 3 nitrogen and oxygen atoms in total. The summed E-state index contributed by atoms with van der Waals surface area (Å²) in [6.07, 6.45) is 2.69. The van der Waals surface area contributed by atoms with E-state index in [-0.39, 0.29) is 11.7 Å². The molecule has 1 amide bonds. The van der Waals surface area contributed by atoms with Gasteiger partial charge in [0.2, 0.25) is 5.91 Å². The lowest BCUT2D eigenvalue weighted by atomic mass is 9.63. The van der Waals surface area contributed by atoms with E-state index in [0.29, 0.717) is 26.3 Å². The SMILES string of the molecule is O=C(N1CCOCC1)C1(c2cccc(F)c2)CCC1. The van der Waals surface area contributed by atoms with Crippen LogP contribution in [-0.2, 0) is 14.9 Å². The highest BCUT2D eigenvalue weighted by Crippen LogP contribution is 2.45. The summed E-state index contributed by atoms with van der Waals surface area (Å²) in [4.78, 5) is 14.6. The molecule has 0 N–H and O–H groups in total. The first kappa shape index (κ1) is 12.6. The fourth-order valence-electron chi connectivity index (χ4n) is 3.01. The molecule has 19 heavy (non-hydrogen) atoms. The molecule has 0 radical (unpaired) electrons. The summed E-state index contributed by atoms with van der Waals surface area (Å²) >= 11 is 0. The van der Waals surface area contributed by atoms with Crippen molar-refractivity contribution in [1.82, 2.24) is 4.90 Å². The van der Waals surface area contributed by atoms with Gasteiger partial charge in [-0.15, -0.1) is 0 Å². The maximum Gasteiger partial charge on any atom is 0.233 e. The van der Waals surface area contributed by atoms with Gasteiger partial charge in [-0.3, -0.25) is 4.79 Å². The van der Waals surface area contributed by atoms with Crippen molar-refractivity contribution in [3.05, 3.63) is 35.6 Å². The first-order valence-electron chi connectivity index (χ1n) is 6.85. The van der Waals surface area contributed by atoms with Gasteiger partial charge in [0.1, 0.15) is 5.82 Å². The highest BCUT2D eigenvalue weighted by Gasteiger charge is 2.47. The van der Waals surface area contributed by atoms with E-state index in [1.165, 1.54) is 12.1 Å². The quantitative estimate of drug-likeness (QED) is 0.818. The minimum absolute atomic E-state index is 0.146.